The maximum absolute atomic E-state index is 13.8. The molecule has 1 aliphatic heterocycles. The fraction of sp³-hybridized carbons (Fsp3) is 0.353. The third-order valence-corrected chi connectivity index (χ3v) is 9.26. The summed E-state index contributed by atoms with van der Waals surface area (Å²) in [7, 11) is 0. The van der Waals surface area contributed by atoms with Crippen LogP contribution in [0.1, 0.15) is 73.2 Å². The van der Waals surface area contributed by atoms with Crippen LogP contribution < -0.4 is 16.9 Å². The molecule has 2 fully saturated rings. The van der Waals surface area contributed by atoms with E-state index in [0.717, 1.165) is 42.5 Å². The summed E-state index contributed by atoms with van der Waals surface area (Å²) in [5, 5.41) is 4.57. The van der Waals surface area contributed by atoms with Gasteiger partial charge in [-0.25, -0.2) is 14.5 Å². The Hall–Kier alpha value is -5.26. The van der Waals surface area contributed by atoms with E-state index in [9.17, 15) is 14.4 Å². The van der Waals surface area contributed by atoms with E-state index >= 15 is 0 Å². The van der Waals surface area contributed by atoms with Crippen LogP contribution in [0.3, 0.4) is 0 Å². The number of anilines is 1. The number of hydrogen-bond acceptors (Lipinski definition) is 8. The van der Waals surface area contributed by atoms with Gasteiger partial charge in [0.1, 0.15) is 29.2 Å². The third-order valence-electron chi connectivity index (χ3n) is 9.26. The minimum absolute atomic E-state index is 0.0271. The topological polar surface area (TPSA) is 168 Å². The first-order valence-corrected chi connectivity index (χ1v) is 15.7. The molecule has 4 aromatic heterocycles. The molecule has 1 saturated heterocycles. The first kappa shape index (κ1) is 29.5. The number of oxazole rings is 1. The second kappa shape index (κ2) is 11.3. The van der Waals surface area contributed by atoms with E-state index in [1.54, 1.807) is 0 Å². The maximum atomic E-state index is 13.8. The molecule has 12 nitrogen and oxygen atoms in total. The minimum Gasteiger partial charge on any atom is -0.444 e. The highest BCUT2D eigenvalue weighted by Gasteiger charge is 2.34. The van der Waals surface area contributed by atoms with E-state index in [0.29, 0.717) is 41.4 Å². The second-order valence-corrected chi connectivity index (χ2v) is 12.5. The van der Waals surface area contributed by atoms with Crippen molar-refractivity contribution in [1.29, 1.82) is 0 Å². The predicted octanol–water partition coefficient (Wildman–Crippen LogP) is 4.57. The van der Waals surface area contributed by atoms with Crippen molar-refractivity contribution in [3.8, 4) is 33.8 Å². The zero-order valence-electron chi connectivity index (χ0n) is 26.1. The van der Waals surface area contributed by atoms with Crippen LogP contribution in [0, 0.1) is 12.8 Å². The summed E-state index contributed by atoms with van der Waals surface area (Å²) in [5.74, 6) is 0.0713. The van der Waals surface area contributed by atoms with Gasteiger partial charge in [-0.3, -0.25) is 14.4 Å². The minimum atomic E-state index is -0.805. The fourth-order valence-electron chi connectivity index (χ4n) is 6.88. The van der Waals surface area contributed by atoms with Gasteiger partial charge in [-0.1, -0.05) is 38.1 Å². The number of amides is 2. The number of carbonyl (C=O) groups is 2. The van der Waals surface area contributed by atoms with Crippen molar-refractivity contribution in [3.63, 3.8) is 0 Å². The van der Waals surface area contributed by atoms with Crippen molar-refractivity contribution in [2.24, 2.45) is 11.7 Å². The number of nitrogens with zero attached hydrogens (tertiary/aromatic N) is 6. The van der Waals surface area contributed by atoms with Crippen molar-refractivity contribution in [2.75, 3.05) is 18.8 Å². The van der Waals surface area contributed by atoms with Gasteiger partial charge >= 0.3 is 0 Å². The van der Waals surface area contributed by atoms with Crippen LogP contribution in [-0.4, -0.2) is 54.0 Å². The van der Waals surface area contributed by atoms with E-state index in [4.69, 9.17) is 15.9 Å². The van der Waals surface area contributed by atoms with Gasteiger partial charge in [-0.15, -0.1) is 0 Å². The van der Waals surface area contributed by atoms with E-state index in [1.165, 1.54) is 18.8 Å². The molecule has 2 amide bonds. The van der Waals surface area contributed by atoms with E-state index < -0.39 is 11.3 Å². The molecule has 46 heavy (non-hydrogen) atoms. The predicted molar refractivity (Wildman–Crippen MR) is 173 cm³/mol. The molecule has 236 valence electrons. The number of aromatic nitrogens is 5. The number of nitrogens with two attached hydrogens (primary N) is 2. The summed E-state index contributed by atoms with van der Waals surface area (Å²) in [6.45, 7) is 7.10. The lowest BCUT2D eigenvalue weighted by molar-refractivity contribution is -0.135. The Bertz CT molecular complexity index is 2030. The molecule has 5 aromatic rings. The molecular formula is C34H36N8O4. The Labute approximate surface area is 265 Å². The molecule has 4 N–H and O–H groups in total. The number of hydrogen-bond donors (Lipinski definition) is 2. The van der Waals surface area contributed by atoms with Gasteiger partial charge in [0.05, 0.1) is 11.9 Å². The molecule has 1 aliphatic carbocycles. The van der Waals surface area contributed by atoms with E-state index in [2.05, 4.69) is 21.1 Å². The number of benzene rings is 1. The lowest BCUT2D eigenvalue weighted by Crippen LogP contribution is -2.40. The zero-order chi connectivity index (χ0) is 32.3. The molecular weight excluding hydrogens is 584 g/mol. The first-order valence-electron chi connectivity index (χ1n) is 15.7. The van der Waals surface area contributed by atoms with Crippen molar-refractivity contribution < 1.29 is 14.0 Å². The van der Waals surface area contributed by atoms with Crippen LogP contribution in [0.4, 0.5) is 5.82 Å². The zero-order valence-corrected chi connectivity index (χ0v) is 26.1. The Morgan fingerprint density at radius 3 is 2.33 bits per heavy atom. The fourth-order valence-corrected chi connectivity index (χ4v) is 6.88. The molecule has 7 rings (SSSR count). The van der Waals surface area contributed by atoms with Crippen molar-refractivity contribution in [1.82, 2.24) is 29.0 Å². The third kappa shape index (κ3) is 4.84. The summed E-state index contributed by atoms with van der Waals surface area (Å²) < 4.78 is 9.38. The molecule has 1 aromatic carbocycles. The quantitative estimate of drug-likeness (QED) is 0.267. The van der Waals surface area contributed by atoms with Gasteiger partial charge in [0, 0.05) is 47.9 Å². The van der Waals surface area contributed by atoms with Gasteiger partial charge in [0.25, 0.3) is 5.91 Å². The maximum Gasteiger partial charge on any atom is 0.254 e. The molecule has 0 bridgehead atoms. The molecule has 0 unspecified atom stereocenters. The largest absolute Gasteiger partial charge is 0.444 e. The van der Waals surface area contributed by atoms with Gasteiger partial charge in [-0.05, 0) is 49.8 Å². The number of pyridine rings is 1. The Kier molecular flexibility index (Phi) is 7.22. The summed E-state index contributed by atoms with van der Waals surface area (Å²) in [6.07, 6.45) is 7.82. The molecule has 5 heterocycles. The van der Waals surface area contributed by atoms with Crippen LogP contribution in [0.15, 0.2) is 58.3 Å². The highest BCUT2D eigenvalue weighted by atomic mass is 16.3. The number of likely N-dealkylation sites (tertiary alicyclic amines) is 1. The van der Waals surface area contributed by atoms with Crippen molar-refractivity contribution in [2.45, 2.75) is 58.4 Å². The van der Waals surface area contributed by atoms with Crippen LogP contribution >= 0.6 is 0 Å². The average Bonchev–Trinajstić information content (AvgIpc) is 3.58. The van der Waals surface area contributed by atoms with Crippen LogP contribution in [0.2, 0.25) is 0 Å². The number of primary amides is 1. The Balaban J connectivity index is 1.30. The summed E-state index contributed by atoms with van der Waals surface area (Å²) in [5.41, 5.74) is 17.3. The van der Waals surface area contributed by atoms with E-state index in [1.807, 2.05) is 59.0 Å². The highest BCUT2D eigenvalue weighted by molar-refractivity contribution is 6.00. The lowest BCUT2D eigenvalue weighted by atomic mass is 9.92. The molecule has 0 spiro atoms. The van der Waals surface area contributed by atoms with Crippen molar-refractivity contribution >= 4 is 23.1 Å². The highest BCUT2D eigenvalue weighted by Crippen LogP contribution is 2.43. The van der Waals surface area contributed by atoms with Gasteiger partial charge in [0.2, 0.25) is 17.2 Å². The number of fused-ring (bicyclic) bond motifs is 1. The van der Waals surface area contributed by atoms with Gasteiger partial charge in [0.15, 0.2) is 5.82 Å². The molecule has 12 heteroatoms. The number of rotatable bonds is 7. The summed E-state index contributed by atoms with van der Waals surface area (Å²) >= 11 is 0. The van der Waals surface area contributed by atoms with Gasteiger partial charge < -0.3 is 25.4 Å². The molecule has 1 saturated carbocycles. The monoisotopic (exact) mass is 620 g/mol. The Morgan fingerprint density at radius 2 is 1.72 bits per heavy atom. The number of carbonyl (C=O) groups excluding carboxylic acids is 2. The standard InChI is InChI=1S/C34H36N8O4/c1-18(2)34(45)40-13-10-21(11-14-40)25-16-24(29-31(35)38-17-39-42(25)29)20-4-6-22(7-5-20)28-27(32(36)44)30(43)26(33-37-12-15-46-33)19(3)41(28)23-8-9-23/h4-7,12,15-18,21,23H,8-11,13-14H2,1-3H3,(H2,36,44)(H2,35,38,39). The molecule has 2 aliphatic rings. The smallest absolute Gasteiger partial charge is 0.254 e. The second-order valence-electron chi connectivity index (χ2n) is 12.5. The molecule has 0 atom stereocenters. The van der Waals surface area contributed by atoms with Crippen LogP contribution in [-0.2, 0) is 4.79 Å². The van der Waals surface area contributed by atoms with E-state index in [-0.39, 0.29) is 40.8 Å². The molecule has 0 radical (unpaired) electrons. The summed E-state index contributed by atoms with van der Waals surface area (Å²) in [4.78, 5) is 49.6. The Morgan fingerprint density at radius 1 is 1.02 bits per heavy atom. The van der Waals surface area contributed by atoms with Crippen LogP contribution in [0.25, 0.3) is 39.4 Å². The first-order chi connectivity index (χ1) is 22.2. The normalized spacial score (nSPS) is 15.6. The number of nitrogen functional groups attached to an aromatic ring is 1. The SMILES string of the molecule is Cc1c(-c2ncco2)c(=O)c(C(N)=O)c(-c2ccc(-c3cc(C4CCN(C(=O)C(C)C)CC4)n4ncnc(N)c34)cc2)n1C1CC1. The summed E-state index contributed by atoms with van der Waals surface area (Å²) in [6, 6.07) is 9.95. The number of piperidine rings is 1. The van der Waals surface area contributed by atoms with Gasteiger partial charge in [-0.2, -0.15) is 5.10 Å². The van der Waals surface area contributed by atoms with Crippen LogP contribution in [0.5, 0.6) is 0 Å². The lowest BCUT2D eigenvalue weighted by Gasteiger charge is -2.33. The van der Waals surface area contributed by atoms with Crippen molar-refractivity contribution in [3.05, 3.63) is 76.3 Å². The average molecular weight is 621 g/mol.